The zero-order valence-corrected chi connectivity index (χ0v) is 10.2. The van der Waals surface area contributed by atoms with Gasteiger partial charge < -0.3 is 4.79 Å². The second-order valence-corrected chi connectivity index (χ2v) is 5.66. The molecule has 7 heteroatoms. The van der Waals surface area contributed by atoms with Gasteiger partial charge in [-0.15, -0.1) is 11.8 Å². The molecule has 1 aromatic rings. The average molecular weight is 261 g/mol. The molecule has 0 amide bonds. The summed E-state index contributed by atoms with van der Waals surface area (Å²) in [4.78, 5) is 15.3. The van der Waals surface area contributed by atoms with Crippen molar-refractivity contribution < 1.29 is 17.4 Å². The van der Waals surface area contributed by atoms with Crippen LogP contribution in [-0.2, 0) is 19.1 Å². The van der Waals surface area contributed by atoms with Crippen LogP contribution in [0.1, 0.15) is 0 Å². The van der Waals surface area contributed by atoms with E-state index in [0.29, 0.717) is 6.29 Å². The summed E-state index contributed by atoms with van der Waals surface area (Å²) < 4.78 is 26.2. The van der Waals surface area contributed by atoms with Crippen molar-refractivity contribution in [1.82, 2.24) is 4.98 Å². The van der Waals surface area contributed by atoms with Crippen LogP contribution in [0.25, 0.3) is 0 Å². The molecule has 1 atom stereocenters. The summed E-state index contributed by atoms with van der Waals surface area (Å²) in [7, 11) is -3.60. The first kappa shape index (κ1) is 13.1. The van der Waals surface area contributed by atoms with E-state index in [-0.39, 0.29) is 5.75 Å². The van der Waals surface area contributed by atoms with Gasteiger partial charge in [-0.25, -0.2) is 0 Å². The van der Waals surface area contributed by atoms with Crippen LogP contribution in [0.15, 0.2) is 29.4 Å². The predicted molar refractivity (Wildman–Crippen MR) is 60.7 cm³/mol. The minimum absolute atomic E-state index is 0.251. The van der Waals surface area contributed by atoms with Crippen molar-refractivity contribution >= 4 is 28.2 Å². The Bertz CT molecular complexity index is 432. The third kappa shape index (κ3) is 5.24. The molecule has 88 valence electrons. The second kappa shape index (κ2) is 5.97. The molecule has 16 heavy (non-hydrogen) atoms. The highest BCUT2D eigenvalue weighted by Crippen LogP contribution is 2.18. The number of aromatic nitrogens is 1. The van der Waals surface area contributed by atoms with Crippen LogP contribution < -0.4 is 0 Å². The fraction of sp³-hybridized carbons (Fsp3) is 0.333. The molecular weight excluding hydrogens is 250 g/mol. The number of hydrogen-bond acceptors (Lipinski definition) is 6. The van der Waals surface area contributed by atoms with Crippen molar-refractivity contribution in [1.29, 1.82) is 0 Å². The summed E-state index contributed by atoms with van der Waals surface area (Å²) in [6, 6.07) is 3.54. The lowest BCUT2D eigenvalue weighted by molar-refractivity contribution is -0.112. The minimum Gasteiger partial charge on any atom is -0.300 e. The van der Waals surface area contributed by atoms with Crippen LogP contribution in [0.5, 0.6) is 0 Å². The molecule has 1 heterocycles. The molecule has 0 saturated carbocycles. The summed E-state index contributed by atoms with van der Waals surface area (Å²) in [6.07, 6.45) is 3.69. The highest BCUT2D eigenvalue weighted by Gasteiger charge is 2.14. The molecule has 0 spiro atoms. The van der Waals surface area contributed by atoms with Crippen molar-refractivity contribution in [2.24, 2.45) is 0 Å². The molecule has 0 N–H and O–H groups in total. The number of carbonyl (C=O) groups is 1. The van der Waals surface area contributed by atoms with Gasteiger partial charge in [0.1, 0.15) is 6.10 Å². The lowest BCUT2D eigenvalue weighted by atomic mass is 10.5. The standard InChI is InChI=1S/C9H11NO4S2/c1-16(12,13)14-8(6-11)7-15-9-2-4-10-5-3-9/h2-6,8H,7H2,1H3. The predicted octanol–water partition coefficient (Wildman–Crippen LogP) is 0.717. The summed E-state index contributed by atoms with van der Waals surface area (Å²) in [6.45, 7) is 0. The van der Waals surface area contributed by atoms with E-state index in [1.807, 2.05) is 0 Å². The van der Waals surface area contributed by atoms with E-state index in [1.165, 1.54) is 11.8 Å². The molecule has 0 aliphatic heterocycles. The van der Waals surface area contributed by atoms with E-state index < -0.39 is 16.2 Å². The van der Waals surface area contributed by atoms with Gasteiger partial charge in [0.25, 0.3) is 10.1 Å². The average Bonchev–Trinajstić information content (AvgIpc) is 2.24. The largest absolute Gasteiger partial charge is 0.300 e. The molecule has 1 rings (SSSR count). The second-order valence-electron chi connectivity index (χ2n) is 2.97. The maximum Gasteiger partial charge on any atom is 0.265 e. The zero-order chi connectivity index (χ0) is 12.0. The maximum atomic E-state index is 10.8. The Morgan fingerprint density at radius 1 is 1.50 bits per heavy atom. The van der Waals surface area contributed by atoms with Gasteiger partial charge >= 0.3 is 0 Å². The molecule has 1 aromatic heterocycles. The number of thioether (sulfide) groups is 1. The van der Waals surface area contributed by atoms with Gasteiger partial charge in [-0.05, 0) is 12.1 Å². The van der Waals surface area contributed by atoms with Gasteiger partial charge in [0.05, 0.1) is 6.26 Å². The number of hydrogen-bond donors (Lipinski definition) is 0. The first-order chi connectivity index (χ1) is 7.51. The van der Waals surface area contributed by atoms with Gasteiger partial charge in [0.15, 0.2) is 6.29 Å². The van der Waals surface area contributed by atoms with Crippen molar-refractivity contribution in [3.05, 3.63) is 24.5 Å². The van der Waals surface area contributed by atoms with E-state index >= 15 is 0 Å². The number of pyridine rings is 1. The Hall–Kier alpha value is -0.920. The fourth-order valence-electron chi connectivity index (χ4n) is 0.927. The van der Waals surface area contributed by atoms with Gasteiger partial charge in [0.2, 0.25) is 0 Å². The first-order valence-electron chi connectivity index (χ1n) is 4.37. The van der Waals surface area contributed by atoms with E-state index in [2.05, 4.69) is 9.17 Å². The minimum atomic E-state index is -3.60. The molecule has 0 aliphatic carbocycles. The van der Waals surface area contributed by atoms with Crippen LogP contribution in [0.4, 0.5) is 0 Å². The molecule has 0 bridgehead atoms. The van der Waals surface area contributed by atoms with E-state index in [4.69, 9.17) is 0 Å². The van der Waals surface area contributed by atoms with E-state index in [1.54, 1.807) is 24.5 Å². The lowest BCUT2D eigenvalue weighted by Gasteiger charge is -2.08. The van der Waals surface area contributed by atoms with Gasteiger partial charge in [0, 0.05) is 23.0 Å². The summed E-state index contributed by atoms with van der Waals surface area (Å²) in [5.74, 6) is 0.251. The molecular formula is C9H11NO4S2. The zero-order valence-electron chi connectivity index (χ0n) is 8.57. The Balaban J connectivity index is 2.50. The van der Waals surface area contributed by atoms with Gasteiger partial charge in [-0.2, -0.15) is 8.42 Å². The van der Waals surface area contributed by atoms with Crippen LogP contribution in [0.3, 0.4) is 0 Å². The van der Waals surface area contributed by atoms with Crippen molar-refractivity contribution in [3.8, 4) is 0 Å². The first-order valence-corrected chi connectivity index (χ1v) is 7.18. The van der Waals surface area contributed by atoms with Crippen LogP contribution in [-0.4, -0.2) is 37.8 Å². The monoisotopic (exact) mass is 261 g/mol. The smallest absolute Gasteiger partial charge is 0.265 e. The molecule has 0 fully saturated rings. The van der Waals surface area contributed by atoms with E-state index in [9.17, 15) is 13.2 Å². The number of carbonyl (C=O) groups excluding carboxylic acids is 1. The Morgan fingerprint density at radius 3 is 2.62 bits per heavy atom. The van der Waals surface area contributed by atoms with Crippen LogP contribution in [0.2, 0.25) is 0 Å². The van der Waals surface area contributed by atoms with Gasteiger partial charge in [-0.3, -0.25) is 9.17 Å². The summed E-state index contributed by atoms with van der Waals surface area (Å²) in [5.41, 5.74) is 0. The summed E-state index contributed by atoms with van der Waals surface area (Å²) in [5, 5.41) is 0. The number of aldehydes is 1. The Morgan fingerprint density at radius 2 is 2.12 bits per heavy atom. The molecule has 0 saturated heterocycles. The fourth-order valence-corrected chi connectivity index (χ4v) is 2.39. The molecule has 0 radical (unpaired) electrons. The molecule has 0 aromatic carbocycles. The van der Waals surface area contributed by atoms with E-state index in [0.717, 1.165) is 11.2 Å². The summed E-state index contributed by atoms with van der Waals surface area (Å²) >= 11 is 1.33. The normalized spacial score (nSPS) is 13.3. The molecule has 5 nitrogen and oxygen atoms in total. The Kier molecular flexibility index (Phi) is 4.91. The topological polar surface area (TPSA) is 73.3 Å². The third-order valence-electron chi connectivity index (χ3n) is 1.51. The number of rotatable bonds is 6. The highest BCUT2D eigenvalue weighted by molar-refractivity contribution is 7.99. The highest BCUT2D eigenvalue weighted by atomic mass is 32.2. The number of nitrogens with zero attached hydrogens (tertiary/aromatic N) is 1. The SMILES string of the molecule is CS(=O)(=O)OC(C=O)CSc1ccncc1. The van der Waals surface area contributed by atoms with Crippen molar-refractivity contribution in [3.63, 3.8) is 0 Å². The van der Waals surface area contributed by atoms with Crippen molar-refractivity contribution in [2.45, 2.75) is 11.0 Å². The lowest BCUT2D eigenvalue weighted by Crippen LogP contribution is -2.21. The molecule has 1 unspecified atom stereocenters. The maximum absolute atomic E-state index is 10.8. The third-order valence-corrected chi connectivity index (χ3v) is 3.21. The Labute approximate surface area is 98.3 Å². The van der Waals surface area contributed by atoms with Crippen molar-refractivity contribution in [2.75, 3.05) is 12.0 Å². The quantitative estimate of drug-likeness (QED) is 0.427. The van der Waals surface area contributed by atoms with Crippen LogP contribution >= 0.6 is 11.8 Å². The van der Waals surface area contributed by atoms with Gasteiger partial charge in [-0.1, -0.05) is 0 Å². The van der Waals surface area contributed by atoms with Crippen LogP contribution in [0, 0.1) is 0 Å². The molecule has 0 aliphatic rings.